The van der Waals surface area contributed by atoms with E-state index in [9.17, 15) is 4.79 Å². The van der Waals surface area contributed by atoms with E-state index in [1.807, 2.05) is 24.3 Å². The molecule has 18 heavy (non-hydrogen) atoms. The van der Waals surface area contributed by atoms with E-state index < -0.39 is 0 Å². The van der Waals surface area contributed by atoms with Gasteiger partial charge in [-0.1, -0.05) is 28.1 Å². The van der Waals surface area contributed by atoms with Crippen molar-refractivity contribution in [2.45, 2.75) is 6.42 Å². The number of nitrogens with one attached hydrogen (secondary N) is 1. The zero-order chi connectivity index (χ0) is 12.8. The van der Waals surface area contributed by atoms with E-state index in [0.717, 1.165) is 10.0 Å². The van der Waals surface area contributed by atoms with E-state index in [0.29, 0.717) is 0 Å². The molecule has 8 heteroatoms. The van der Waals surface area contributed by atoms with Crippen LogP contribution in [0.4, 0.5) is 0 Å². The summed E-state index contributed by atoms with van der Waals surface area (Å²) in [5.41, 5.74) is 3.25. The number of aromatic nitrogens is 4. The van der Waals surface area contributed by atoms with Crippen molar-refractivity contribution in [2.75, 3.05) is 0 Å². The number of benzene rings is 1. The zero-order valence-electron chi connectivity index (χ0n) is 9.12. The van der Waals surface area contributed by atoms with Crippen LogP contribution in [0.25, 0.3) is 0 Å². The van der Waals surface area contributed by atoms with Gasteiger partial charge in [0.2, 0.25) is 5.91 Å². The summed E-state index contributed by atoms with van der Waals surface area (Å²) in [5.74, 6) is -0.0514. The van der Waals surface area contributed by atoms with Crippen molar-refractivity contribution in [3.05, 3.63) is 40.1 Å². The number of hydrogen-bond donors (Lipinski definition) is 1. The number of carbonyl (C=O) groups excluding carboxylic acids is 1. The highest BCUT2D eigenvalue weighted by Crippen LogP contribution is 2.08. The Hall–Kier alpha value is -2.09. The molecule has 0 aliphatic rings. The van der Waals surface area contributed by atoms with Crippen LogP contribution in [0.3, 0.4) is 0 Å². The van der Waals surface area contributed by atoms with Crippen LogP contribution in [0.2, 0.25) is 0 Å². The van der Waals surface area contributed by atoms with Gasteiger partial charge in [0.1, 0.15) is 0 Å². The minimum Gasteiger partial charge on any atom is -0.335 e. The van der Waals surface area contributed by atoms with E-state index >= 15 is 0 Å². The Bertz CT molecular complexity index is 536. The van der Waals surface area contributed by atoms with Crippen molar-refractivity contribution in [3.8, 4) is 0 Å². The van der Waals surface area contributed by atoms with Crippen molar-refractivity contribution in [2.24, 2.45) is 5.10 Å². The van der Waals surface area contributed by atoms with Gasteiger partial charge in [-0.15, -0.1) is 0 Å². The molecule has 0 spiro atoms. The lowest BCUT2D eigenvalue weighted by Gasteiger charge is -1.98. The molecule has 1 aromatic heterocycles. The van der Waals surface area contributed by atoms with Crippen LogP contribution < -0.4 is 10.5 Å². The molecule has 7 nitrogen and oxygen atoms in total. The van der Waals surface area contributed by atoms with Gasteiger partial charge in [0.25, 0.3) is 0 Å². The predicted molar refractivity (Wildman–Crippen MR) is 66.7 cm³/mol. The van der Waals surface area contributed by atoms with Gasteiger partial charge in [-0.05, 0) is 17.7 Å². The van der Waals surface area contributed by atoms with Gasteiger partial charge in [-0.3, -0.25) is 15.1 Å². The maximum atomic E-state index is 11.4. The lowest BCUT2D eigenvalue weighted by atomic mass is 10.2. The molecule has 0 aliphatic carbocycles. The molecule has 0 aliphatic heterocycles. The molecule has 2 aromatic rings. The number of nitrogens with zero attached hydrogens (tertiary/aromatic N) is 5. The first kappa shape index (κ1) is 12.4. The highest BCUT2D eigenvalue weighted by atomic mass is 79.9. The fraction of sp³-hybridized carbons (Fsp3) is 0.100. The Morgan fingerprint density at radius 2 is 2.22 bits per heavy atom. The first-order valence-electron chi connectivity index (χ1n) is 4.99. The molecule has 1 amide bonds. The molecule has 1 heterocycles. The van der Waals surface area contributed by atoms with E-state index in [1.165, 1.54) is 0 Å². The maximum Gasteiger partial charge on any atom is 0.244 e. The second-order valence-corrected chi connectivity index (χ2v) is 4.23. The average Bonchev–Trinajstić information content (AvgIpc) is 2.84. The van der Waals surface area contributed by atoms with Crippen LogP contribution in [-0.2, 0) is 11.2 Å². The summed E-state index contributed by atoms with van der Waals surface area (Å²) < 4.78 is 0.983. The summed E-state index contributed by atoms with van der Waals surface area (Å²) in [4.78, 5) is 11.4. The van der Waals surface area contributed by atoms with E-state index in [-0.39, 0.29) is 18.2 Å². The van der Waals surface area contributed by atoms with Gasteiger partial charge in [0, 0.05) is 10.3 Å². The van der Waals surface area contributed by atoms with Gasteiger partial charge >= 0.3 is 0 Å². The third kappa shape index (κ3) is 3.74. The van der Waals surface area contributed by atoms with Gasteiger partial charge < -0.3 is 5.10 Å². The number of carbonyl (C=O) groups is 1. The van der Waals surface area contributed by atoms with Crippen LogP contribution in [0.15, 0.2) is 33.8 Å². The summed E-state index contributed by atoms with van der Waals surface area (Å²) >= 11 is 3.33. The number of hydrazone groups is 1. The molecule has 1 N–H and O–H groups in total. The van der Waals surface area contributed by atoms with E-state index in [2.05, 4.69) is 47.1 Å². The molecular formula is C10H8BrN6O-. The minimum atomic E-state index is -0.321. The first-order valence-corrected chi connectivity index (χ1v) is 5.78. The first-order chi connectivity index (χ1) is 8.74. The Morgan fingerprint density at radius 1 is 1.44 bits per heavy atom. The predicted octanol–water partition coefficient (Wildman–Crippen LogP) is 0.284. The third-order valence-electron chi connectivity index (χ3n) is 1.95. The van der Waals surface area contributed by atoms with Gasteiger partial charge in [-0.2, -0.15) is 10.3 Å². The Labute approximate surface area is 111 Å². The smallest absolute Gasteiger partial charge is 0.244 e. The highest BCUT2D eigenvalue weighted by molar-refractivity contribution is 9.10. The molecule has 0 radical (unpaired) electrons. The normalized spacial score (nSPS) is 10.7. The zero-order valence-corrected chi connectivity index (χ0v) is 10.7. The molecule has 0 fully saturated rings. The summed E-state index contributed by atoms with van der Waals surface area (Å²) in [6.07, 6.45) is 1.55. The van der Waals surface area contributed by atoms with Crippen LogP contribution in [0.1, 0.15) is 11.4 Å². The summed E-state index contributed by atoms with van der Waals surface area (Å²) in [6.45, 7) is 0. The molecule has 2 rings (SSSR count). The number of halogens is 1. The summed E-state index contributed by atoms with van der Waals surface area (Å²) in [5, 5.41) is 17.5. The molecule has 0 unspecified atom stereocenters. The maximum absolute atomic E-state index is 11.4. The monoisotopic (exact) mass is 307 g/mol. The Kier molecular flexibility index (Phi) is 4.13. The second kappa shape index (κ2) is 6.01. The topological polar surface area (TPSA) is 94.2 Å². The molecule has 0 saturated heterocycles. The molecular weight excluding hydrogens is 300 g/mol. The highest BCUT2D eigenvalue weighted by Gasteiger charge is 1.99. The Morgan fingerprint density at radius 3 is 2.89 bits per heavy atom. The van der Waals surface area contributed by atoms with Crippen molar-refractivity contribution in [1.82, 2.24) is 26.0 Å². The fourth-order valence-electron chi connectivity index (χ4n) is 1.14. The minimum absolute atomic E-state index is 0.00464. The van der Waals surface area contributed by atoms with E-state index in [4.69, 9.17) is 0 Å². The molecule has 1 aromatic carbocycles. The van der Waals surface area contributed by atoms with Crippen LogP contribution in [0, 0.1) is 0 Å². The number of hydrogen-bond acceptors (Lipinski definition) is 5. The van der Waals surface area contributed by atoms with E-state index in [1.54, 1.807) is 6.21 Å². The lowest BCUT2D eigenvalue weighted by Crippen LogP contribution is -2.20. The van der Waals surface area contributed by atoms with Gasteiger partial charge in [0.15, 0.2) is 0 Å². The summed E-state index contributed by atoms with van der Waals surface area (Å²) in [7, 11) is 0. The van der Waals surface area contributed by atoms with Crippen LogP contribution in [-0.4, -0.2) is 27.6 Å². The van der Waals surface area contributed by atoms with Gasteiger partial charge in [-0.25, -0.2) is 5.43 Å². The molecule has 92 valence electrons. The number of tetrazole rings is 1. The number of amides is 1. The standard InChI is InChI=1S/C10H9BrN6O/c11-8-3-1-7(2-4-8)6-12-15-10(18)5-9-13-16-17-14-9/h1-4,6H,5H2,(H2,13,14,15,16,17,18)/p-1/b12-6-. The summed E-state index contributed by atoms with van der Waals surface area (Å²) in [6, 6.07) is 7.51. The molecule has 0 saturated carbocycles. The average molecular weight is 308 g/mol. The fourth-order valence-corrected chi connectivity index (χ4v) is 1.41. The van der Waals surface area contributed by atoms with Gasteiger partial charge in [0.05, 0.1) is 12.6 Å². The van der Waals surface area contributed by atoms with Crippen molar-refractivity contribution >= 4 is 28.1 Å². The number of rotatable bonds is 4. The molecule has 0 atom stereocenters. The van der Waals surface area contributed by atoms with Crippen LogP contribution >= 0.6 is 15.9 Å². The van der Waals surface area contributed by atoms with Crippen molar-refractivity contribution in [1.29, 1.82) is 0 Å². The largest absolute Gasteiger partial charge is 0.335 e. The lowest BCUT2D eigenvalue weighted by molar-refractivity contribution is -0.120. The quantitative estimate of drug-likeness (QED) is 0.647. The SMILES string of the molecule is O=C(Cc1nnn[n-]1)N/N=C\c1ccc(Br)cc1. The molecule has 0 bridgehead atoms. The van der Waals surface area contributed by atoms with Crippen LogP contribution in [0.5, 0.6) is 0 Å². The van der Waals surface area contributed by atoms with Crippen molar-refractivity contribution < 1.29 is 4.79 Å². The second-order valence-electron chi connectivity index (χ2n) is 3.32. The van der Waals surface area contributed by atoms with Crippen molar-refractivity contribution in [3.63, 3.8) is 0 Å². The Balaban J connectivity index is 1.84. The third-order valence-corrected chi connectivity index (χ3v) is 2.48.